The second-order valence-electron chi connectivity index (χ2n) is 4.78. The SMILES string of the molecule is CN(CCCNC(=O)CSc1ncccn1)c1ccccc1. The minimum atomic E-state index is 0.0137. The molecule has 2 aromatic rings. The highest BCUT2D eigenvalue weighted by Crippen LogP contribution is 2.11. The summed E-state index contributed by atoms with van der Waals surface area (Å²) < 4.78 is 0. The number of amides is 1. The fourth-order valence-electron chi connectivity index (χ4n) is 1.90. The molecule has 0 atom stereocenters. The van der Waals surface area contributed by atoms with Crippen molar-refractivity contribution in [3.8, 4) is 0 Å². The molecule has 5 nitrogen and oxygen atoms in total. The van der Waals surface area contributed by atoms with E-state index in [1.54, 1.807) is 18.5 Å². The van der Waals surface area contributed by atoms with Crippen LogP contribution in [0.1, 0.15) is 6.42 Å². The molecule has 0 aliphatic heterocycles. The van der Waals surface area contributed by atoms with Gasteiger partial charge in [-0.1, -0.05) is 30.0 Å². The molecule has 116 valence electrons. The number of hydrogen-bond donors (Lipinski definition) is 1. The third kappa shape index (κ3) is 5.73. The van der Waals surface area contributed by atoms with Gasteiger partial charge in [0.2, 0.25) is 5.91 Å². The van der Waals surface area contributed by atoms with Crippen molar-refractivity contribution < 1.29 is 4.79 Å². The van der Waals surface area contributed by atoms with E-state index >= 15 is 0 Å². The average molecular weight is 316 g/mol. The first kappa shape index (κ1) is 16.3. The van der Waals surface area contributed by atoms with E-state index in [4.69, 9.17) is 0 Å². The molecule has 1 N–H and O–H groups in total. The molecule has 0 aliphatic carbocycles. The van der Waals surface area contributed by atoms with Crippen LogP contribution >= 0.6 is 11.8 Å². The summed E-state index contributed by atoms with van der Waals surface area (Å²) in [4.78, 5) is 22.0. The molecular weight excluding hydrogens is 296 g/mol. The van der Waals surface area contributed by atoms with E-state index in [1.807, 2.05) is 18.2 Å². The van der Waals surface area contributed by atoms with Gasteiger partial charge in [-0.15, -0.1) is 0 Å². The van der Waals surface area contributed by atoms with Crippen LogP contribution in [0.2, 0.25) is 0 Å². The van der Waals surface area contributed by atoms with Gasteiger partial charge in [-0.2, -0.15) is 0 Å². The standard InChI is InChI=1S/C16H20N4OS/c1-20(14-7-3-2-4-8-14)12-6-11-17-15(21)13-22-16-18-9-5-10-19-16/h2-5,7-10H,6,11-13H2,1H3,(H,17,21). The average Bonchev–Trinajstić information content (AvgIpc) is 2.58. The van der Waals surface area contributed by atoms with E-state index in [0.29, 0.717) is 17.5 Å². The summed E-state index contributed by atoms with van der Waals surface area (Å²) in [5.74, 6) is 0.359. The summed E-state index contributed by atoms with van der Waals surface area (Å²) in [6, 6.07) is 12.0. The van der Waals surface area contributed by atoms with Crippen LogP contribution in [0.15, 0.2) is 53.9 Å². The van der Waals surface area contributed by atoms with Crippen molar-refractivity contribution in [2.75, 3.05) is 30.8 Å². The fourth-order valence-corrected chi connectivity index (χ4v) is 2.53. The van der Waals surface area contributed by atoms with E-state index in [1.165, 1.54) is 17.4 Å². The topological polar surface area (TPSA) is 58.1 Å². The van der Waals surface area contributed by atoms with Crippen molar-refractivity contribution in [2.45, 2.75) is 11.6 Å². The van der Waals surface area contributed by atoms with Gasteiger partial charge < -0.3 is 10.2 Å². The summed E-state index contributed by atoms with van der Waals surface area (Å²) in [6.45, 7) is 1.57. The third-order valence-electron chi connectivity index (χ3n) is 3.06. The second-order valence-corrected chi connectivity index (χ2v) is 5.72. The van der Waals surface area contributed by atoms with Gasteiger partial charge in [-0.05, 0) is 24.6 Å². The summed E-state index contributed by atoms with van der Waals surface area (Å²) in [6.07, 6.45) is 4.25. The van der Waals surface area contributed by atoms with Gasteiger partial charge in [-0.3, -0.25) is 4.79 Å². The van der Waals surface area contributed by atoms with Crippen molar-refractivity contribution in [3.05, 3.63) is 48.8 Å². The van der Waals surface area contributed by atoms with Crippen LogP contribution in [0.4, 0.5) is 5.69 Å². The second kappa shape index (κ2) is 9.04. The Labute approximate surface area is 135 Å². The number of carbonyl (C=O) groups excluding carboxylic acids is 1. The summed E-state index contributed by atoms with van der Waals surface area (Å²) in [5.41, 5.74) is 1.19. The van der Waals surface area contributed by atoms with Gasteiger partial charge >= 0.3 is 0 Å². The van der Waals surface area contributed by atoms with E-state index in [9.17, 15) is 4.79 Å². The monoisotopic (exact) mass is 316 g/mol. The lowest BCUT2D eigenvalue weighted by molar-refractivity contribution is -0.118. The van der Waals surface area contributed by atoms with Crippen molar-refractivity contribution in [1.29, 1.82) is 0 Å². The number of thioether (sulfide) groups is 1. The molecule has 0 fully saturated rings. The van der Waals surface area contributed by atoms with Crippen LogP contribution in [0, 0.1) is 0 Å². The van der Waals surface area contributed by atoms with Crippen LogP contribution in [0.25, 0.3) is 0 Å². The van der Waals surface area contributed by atoms with E-state index in [-0.39, 0.29) is 5.91 Å². The number of aromatic nitrogens is 2. The minimum absolute atomic E-state index is 0.0137. The maximum Gasteiger partial charge on any atom is 0.230 e. The highest BCUT2D eigenvalue weighted by atomic mass is 32.2. The Bertz CT molecular complexity index is 565. The highest BCUT2D eigenvalue weighted by molar-refractivity contribution is 7.99. The fraction of sp³-hybridized carbons (Fsp3) is 0.312. The first-order valence-electron chi connectivity index (χ1n) is 7.18. The number of benzene rings is 1. The van der Waals surface area contributed by atoms with Crippen LogP contribution in [0.3, 0.4) is 0 Å². The summed E-state index contributed by atoms with van der Waals surface area (Å²) in [5, 5.41) is 3.54. The van der Waals surface area contributed by atoms with E-state index in [0.717, 1.165) is 13.0 Å². The lowest BCUT2D eigenvalue weighted by Crippen LogP contribution is -2.29. The lowest BCUT2D eigenvalue weighted by atomic mass is 10.3. The first-order valence-corrected chi connectivity index (χ1v) is 8.17. The Kier molecular flexibility index (Phi) is 6.70. The molecule has 1 aromatic heterocycles. The molecule has 2 rings (SSSR count). The molecule has 6 heteroatoms. The molecule has 1 aromatic carbocycles. The predicted molar refractivity (Wildman–Crippen MR) is 90.1 cm³/mol. The van der Waals surface area contributed by atoms with Gasteiger partial charge in [0.25, 0.3) is 0 Å². The van der Waals surface area contributed by atoms with E-state index in [2.05, 4.69) is 39.4 Å². The zero-order valence-electron chi connectivity index (χ0n) is 12.6. The molecular formula is C16H20N4OS. The molecule has 1 heterocycles. The van der Waals surface area contributed by atoms with E-state index < -0.39 is 0 Å². The minimum Gasteiger partial charge on any atom is -0.375 e. The summed E-state index contributed by atoms with van der Waals surface area (Å²) in [7, 11) is 2.06. The van der Waals surface area contributed by atoms with Gasteiger partial charge in [0.1, 0.15) is 0 Å². The molecule has 1 amide bonds. The molecule has 0 saturated heterocycles. The normalized spacial score (nSPS) is 10.2. The smallest absolute Gasteiger partial charge is 0.230 e. The molecule has 0 aliphatic rings. The van der Waals surface area contributed by atoms with Crippen molar-refractivity contribution in [3.63, 3.8) is 0 Å². The zero-order valence-corrected chi connectivity index (χ0v) is 13.4. The summed E-state index contributed by atoms with van der Waals surface area (Å²) >= 11 is 1.35. The quantitative estimate of drug-likeness (QED) is 0.460. The molecule has 22 heavy (non-hydrogen) atoms. The highest BCUT2D eigenvalue weighted by Gasteiger charge is 2.04. The van der Waals surface area contributed by atoms with Crippen LogP contribution in [-0.4, -0.2) is 41.8 Å². The Hall–Kier alpha value is -2.08. The number of anilines is 1. The van der Waals surface area contributed by atoms with Crippen LogP contribution < -0.4 is 10.2 Å². The first-order chi connectivity index (χ1) is 10.8. The molecule has 0 bridgehead atoms. The van der Waals surface area contributed by atoms with Gasteiger partial charge in [0.15, 0.2) is 5.16 Å². The van der Waals surface area contributed by atoms with Gasteiger partial charge in [0, 0.05) is 38.2 Å². The largest absolute Gasteiger partial charge is 0.375 e. The molecule has 0 saturated carbocycles. The molecule has 0 radical (unpaired) electrons. The number of nitrogens with zero attached hydrogens (tertiary/aromatic N) is 3. The molecule has 0 unspecified atom stereocenters. The molecule has 0 spiro atoms. The zero-order chi connectivity index (χ0) is 15.6. The van der Waals surface area contributed by atoms with Gasteiger partial charge in [-0.25, -0.2) is 9.97 Å². The van der Waals surface area contributed by atoms with Crippen LogP contribution in [-0.2, 0) is 4.79 Å². The predicted octanol–water partition coefficient (Wildman–Crippen LogP) is 2.21. The van der Waals surface area contributed by atoms with Gasteiger partial charge in [0.05, 0.1) is 5.75 Å². The maximum atomic E-state index is 11.7. The number of rotatable bonds is 8. The number of carbonyl (C=O) groups is 1. The number of para-hydroxylation sites is 1. The Morgan fingerprint density at radius 1 is 1.18 bits per heavy atom. The Morgan fingerprint density at radius 3 is 2.64 bits per heavy atom. The van der Waals surface area contributed by atoms with Crippen molar-refractivity contribution >= 4 is 23.4 Å². The maximum absolute atomic E-state index is 11.7. The Balaban J connectivity index is 1.59. The lowest BCUT2D eigenvalue weighted by Gasteiger charge is -2.19. The number of nitrogens with one attached hydrogen (secondary N) is 1. The Morgan fingerprint density at radius 2 is 1.91 bits per heavy atom. The number of hydrogen-bond acceptors (Lipinski definition) is 5. The third-order valence-corrected chi connectivity index (χ3v) is 3.94. The van der Waals surface area contributed by atoms with Crippen molar-refractivity contribution in [2.24, 2.45) is 0 Å². The van der Waals surface area contributed by atoms with Crippen molar-refractivity contribution in [1.82, 2.24) is 15.3 Å². The van der Waals surface area contributed by atoms with Crippen LogP contribution in [0.5, 0.6) is 0 Å².